The molecule has 30 heavy (non-hydrogen) atoms. The number of imide groups is 1. The number of carbonyl (C=O) groups is 2. The number of hydrogen-bond acceptors (Lipinski definition) is 5. The molecule has 0 N–H and O–H groups in total. The van der Waals surface area contributed by atoms with Crippen molar-refractivity contribution in [2.45, 2.75) is 25.1 Å². The molecule has 1 saturated heterocycles. The third kappa shape index (κ3) is 5.15. The van der Waals surface area contributed by atoms with Crippen LogP contribution in [0.4, 0.5) is 9.18 Å². The molecular formula is C22H19BrFNO4S. The molecule has 156 valence electrons. The van der Waals surface area contributed by atoms with Gasteiger partial charge >= 0.3 is 0 Å². The van der Waals surface area contributed by atoms with Crippen LogP contribution >= 0.6 is 27.7 Å². The lowest BCUT2D eigenvalue weighted by atomic mass is 10.1. The Hall–Kier alpha value is -2.50. The van der Waals surface area contributed by atoms with Crippen LogP contribution in [0.25, 0.3) is 0 Å². The molecule has 1 atom stereocenters. The molecule has 0 aliphatic carbocycles. The van der Waals surface area contributed by atoms with Gasteiger partial charge in [-0.1, -0.05) is 29.8 Å². The monoisotopic (exact) mass is 491 g/mol. The maximum Gasteiger partial charge on any atom is 0.289 e. The minimum Gasteiger partial charge on any atom is -0.490 e. The van der Waals surface area contributed by atoms with E-state index in [1.807, 2.05) is 13.0 Å². The first-order valence-electron chi connectivity index (χ1n) is 9.20. The van der Waals surface area contributed by atoms with E-state index in [-0.39, 0.29) is 30.1 Å². The van der Waals surface area contributed by atoms with Gasteiger partial charge in [0.05, 0.1) is 22.9 Å². The van der Waals surface area contributed by atoms with E-state index in [0.717, 1.165) is 17.3 Å². The highest BCUT2D eigenvalue weighted by Gasteiger charge is 2.39. The van der Waals surface area contributed by atoms with Gasteiger partial charge in [-0.3, -0.25) is 14.5 Å². The summed E-state index contributed by atoms with van der Waals surface area (Å²) in [5.41, 5.74) is 1.51. The second-order valence-corrected chi connectivity index (χ2v) is 8.47. The predicted octanol–water partition coefficient (Wildman–Crippen LogP) is 4.81. The quantitative estimate of drug-likeness (QED) is 0.496. The first-order valence-corrected chi connectivity index (χ1v) is 10.9. The molecule has 1 fully saturated rings. The number of carbonyl (C=O) groups excluding carboxylic acids is 2. The van der Waals surface area contributed by atoms with Crippen LogP contribution in [0.2, 0.25) is 0 Å². The normalized spacial score (nSPS) is 15.9. The summed E-state index contributed by atoms with van der Waals surface area (Å²) in [5, 5.41) is -0.857. The summed E-state index contributed by atoms with van der Waals surface area (Å²) < 4.78 is 25.0. The van der Waals surface area contributed by atoms with E-state index in [2.05, 4.69) is 21.9 Å². The summed E-state index contributed by atoms with van der Waals surface area (Å²) >= 11 is 4.45. The first kappa shape index (κ1) is 22.2. The number of nitrogens with zero attached hydrogens (tertiary/aromatic N) is 1. The summed E-state index contributed by atoms with van der Waals surface area (Å²) in [6, 6.07) is 9.36. The van der Waals surface area contributed by atoms with Crippen molar-refractivity contribution in [1.82, 2.24) is 4.90 Å². The number of hydrogen-bond donors (Lipinski definition) is 0. The van der Waals surface area contributed by atoms with Gasteiger partial charge in [0.1, 0.15) is 12.4 Å². The average Bonchev–Trinajstić information content (AvgIpc) is 2.96. The number of rotatable bonds is 8. The number of halogens is 2. The number of benzene rings is 2. The highest BCUT2D eigenvalue weighted by atomic mass is 79.9. The third-order valence-electron chi connectivity index (χ3n) is 4.35. The zero-order chi connectivity index (χ0) is 21.7. The summed E-state index contributed by atoms with van der Waals surface area (Å²) in [5.74, 6) is 2.80. The molecule has 0 aromatic heterocycles. The van der Waals surface area contributed by atoms with Gasteiger partial charge in [0.25, 0.3) is 5.24 Å². The largest absolute Gasteiger partial charge is 0.490 e. The van der Waals surface area contributed by atoms with E-state index in [0.29, 0.717) is 34.6 Å². The van der Waals surface area contributed by atoms with Crippen LogP contribution in [0.15, 0.2) is 40.9 Å². The zero-order valence-corrected chi connectivity index (χ0v) is 18.6. The van der Waals surface area contributed by atoms with E-state index in [9.17, 15) is 14.0 Å². The van der Waals surface area contributed by atoms with Crippen molar-refractivity contribution in [3.63, 3.8) is 0 Å². The fourth-order valence-corrected chi connectivity index (χ4v) is 4.65. The first-order chi connectivity index (χ1) is 14.4. The molecule has 5 nitrogen and oxygen atoms in total. The number of amides is 2. The number of ether oxygens (including phenoxy) is 2. The Labute approximate surface area is 187 Å². The van der Waals surface area contributed by atoms with Gasteiger partial charge in [0, 0.05) is 0 Å². The highest BCUT2D eigenvalue weighted by Crippen LogP contribution is 2.39. The van der Waals surface area contributed by atoms with E-state index in [1.165, 1.54) is 17.0 Å². The molecule has 0 bridgehead atoms. The van der Waals surface area contributed by atoms with Crippen LogP contribution in [0.3, 0.4) is 0 Å². The van der Waals surface area contributed by atoms with Crippen molar-refractivity contribution in [3.05, 3.63) is 57.8 Å². The van der Waals surface area contributed by atoms with Crippen molar-refractivity contribution in [3.8, 4) is 23.8 Å². The zero-order valence-electron chi connectivity index (χ0n) is 16.2. The minimum atomic E-state index is -0.545. The molecule has 1 aliphatic rings. The second kappa shape index (κ2) is 10.0. The van der Waals surface area contributed by atoms with E-state index < -0.39 is 5.25 Å². The number of terminal acetylenes is 1. The summed E-state index contributed by atoms with van der Waals surface area (Å²) in [6.07, 6.45) is 5.62. The van der Waals surface area contributed by atoms with Crippen LogP contribution in [0.5, 0.6) is 11.5 Å². The Balaban J connectivity index is 1.75. The molecule has 1 heterocycles. The van der Waals surface area contributed by atoms with Crippen molar-refractivity contribution in [2.75, 3.05) is 13.2 Å². The second-order valence-electron chi connectivity index (χ2n) is 6.46. The van der Waals surface area contributed by atoms with Crippen molar-refractivity contribution < 1.29 is 23.5 Å². The fourth-order valence-electron chi connectivity index (χ4n) is 3.01. The van der Waals surface area contributed by atoms with Crippen LogP contribution in [0.1, 0.15) is 18.1 Å². The Morgan fingerprint density at radius 1 is 1.20 bits per heavy atom. The molecule has 0 radical (unpaired) electrons. The van der Waals surface area contributed by atoms with E-state index >= 15 is 0 Å². The summed E-state index contributed by atoms with van der Waals surface area (Å²) in [6.45, 7) is 2.51. The number of thioether (sulfide) groups is 1. The SMILES string of the molecule is C#CCOc1c(Br)cc(C[C@@H]2SC(=O)N(Cc3ccc(F)cc3)C2=O)cc1OCC. The maximum atomic E-state index is 13.1. The Morgan fingerprint density at radius 3 is 2.60 bits per heavy atom. The van der Waals surface area contributed by atoms with Gasteiger partial charge < -0.3 is 9.47 Å². The van der Waals surface area contributed by atoms with Crippen molar-refractivity contribution in [2.24, 2.45) is 0 Å². The van der Waals surface area contributed by atoms with Crippen molar-refractivity contribution in [1.29, 1.82) is 0 Å². The average molecular weight is 492 g/mol. The molecule has 2 amide bonds. The molecule has 2 aromatic rings. The lowest BCUT2D eigenvalue weighted by Crippen LogP contribution is -2.31. The molecule has 2 aromatic carbocycles. The molecule has 3 rings (SSSR count). The molecule has 0 saturated carbocycles. The lowest BCUT2D eigenvalue weighted by molar-refractivity contribution is -0.127. The third-order valence-corrected chi connectivity index (χ3v) is 6.01. The van der Waals surface area contributed by atoms with Gasteiger partial charge in [-0.15, -0.1) is 6.42 Å². The van der Waals surface area contributed by atoms with Gasteiger partial charge in [-0.05, 0) is 64.7 Å². The molecule has 8 heteroatoms. The summed E-state index contributed by atoms with van der Waals surface area (Å²) in [7, 11) is 0. The predicted molar refractivity (Wildman–Crippen MR) is 117 cm³/mol. The standard InChI is InChI=1S/C22H19BrFNO4S/c1-3-9-29-20-17(23)10-15(11-18(20)28-4-2)12-19-21(26)25(22(27)30-19)13-14-5-7-16(24)8-6-14/h1,5-8,10-11,19H,4,9,12-13H2,2H3/t19-/m0/s1. The lowest BCUT2D eigenvalue weighted by Gasteiger charge is -2.16. The smallest absolute Gasteiger partial charge is 0.289 e. The minimum absolute atomic E-state index is 0.0990. The topological polar surface area (TPSA) is 55.8 Å². The van der Waals surface area contributed by atoms with Gasteiger partial charge in [0.15, 0.2) is 11.5 Å². The summed E-state index contributed by atoms with van der Waals surface area (Å²) in [4.78, 5) is 26.4. The fraction of sp³-hybridized carbons (Fsp3) is 0.273. The van der Waals surface area contributed by atoms with Gasteiger partial charge in [0.2, 0.25) is 5.91 Å². The maximum absolute atomic E-state index is 13.1. The highest BCUT2D eigenvalue weighted by molar-refractivity contribution is 9.10. The van der Waals surface area contributed by atoms with Crippen LogP contribution < -0.4 is 9.47 Å². The molecule has 1 aliphatic heterocycles. The van der Waals surface area contributed by atoms with E-state index in [1.54, 1.807) is 18.2 Å². The van der Waals surface area contributed by atoms with E-state index in [4.69, 9.17) is 15.9 Å². The van der Waals surface area contributed by atoms with Gasteiger partial charge in [-0.2, -0.15) is 0 Å². The Kier molecular flexibility index (Phi) is 7.40. The Morgan fingerprint density at radius 2 is 1.93 bits per heavy atom. The van der Waals surface area contributed by atoms with Crippen LogP contribution in [0, 0.1) is 18.2 Å². The molecule has 0 spiro atoms. The van der Waals surface area contributed by atoms with Crippen molar-refractivity contribution >= 4 is 38.8 Å². The van der Waals surface area contributed by atoms with Crippen LogP contribution in [-0.4, -0.2) is 34.5 Å². The van der Waals surface area contributed by atoms with Gasteiger partial charge in [-0.25, -0.2) is 4.39 Å². The Bertz CT molecular complexity index is 990. The van der Waals surface area contributed by atoms with Crippen LogP contribution in [-0.2, 0) is 17.8 Å². The molecular weight excluding hydrogens is 473 g/mol. The molecule has 0 unspecified atom stereocenters.